The second-order valence-electron chi connectivity index (χ2n) is 4.16. The van der Waals surface area contributed by atoms with Crippen molar-refractivity contribution >= 4 is 6.09 Å². The van der Waals surface area contributed by atoms with Crippen LogP contribution >= 0.6 is 0 Å². The van der Waals surface area contributed by atoms with Gasteiger partial charge in [0.05, 0.1) is 6.61 Å². The smallest absolute Gasteiger partial charge is 0.407 e. The Balaban J connectivity index is 3.63. The van der Waals surface area contributed by atoms with Crippen molar-refractivity contribution in [3.63, 3.8) is 0 Å². The van der Waals surface area contributed by atoms with Crippen molar-refractivity contribution in [3.05, 3.63) is 10.4 Å². The van der Waals surface area contributed by atoms with Crippen LogP contribution in [0.2, 0.25) is 0 Å². The number of ether oxygens (including phenoxy) is 2. The Bertz CT molecular complexity index is 280. The molecule has 0 fully saturated rings. The van der Waals surface area contributed by atoms with Gasteiger partial charge in [0, 0.05) is 25.1 Å². The van der Waals surface area contributed by atoms with E-state index in [1.807, 2.05) is 6.92 Å². The molecule has 7 nitrogen and oxygen atoms in total. The van der Waals surface area contributed by atoms with Gasteiger partial charge >= 0.3 is 6.09 Å². The van der Waals surface area contributed by atoms with Gasteiger partial charge in [0.2, 0.25) is 0 Å². The van der Waals surface area contributed by atoms with E-state index >= 15 is 0 Å². The molecule has 0 bridgehead atoms. The molecule has 110 valence electrons. The second-order valence-corrected chi connectivity index (χ2v) is 4.16. The zero-order valence-corrected chi connectivity index (χ0v) is 11.8. The summed E-state index contributed by atoms with van der Waals surface area (Å²) in [7, 11) is 1.58. The summed E-state index contributed by atoms with van der Waals surface area (Å²) in [5.74, 6) is 0. The quantitative estimate of drug-likeness (QED) is 0.271. The van der Waals surface area contributed by atoms with Crippen molar-refractivity contribution < 1.29 is 14.3 Å². The topological polar surface area (TPSA) is 96.3 Å². The molecule has 0 aliphatic rings. The van der Waals surface area contributed by atoms with E-state index in [-0.39, 0.29) is 6.10 Å². The van der Waals surface area contributed by atoms with Crippen LogP contribution in [0.15, 0.2) is 5.11 Å². The fourth-order valence-electron chi connectivity index (χ4n) is 1.57. The summed E-state index contributed by atoms with van der Waals surface area (Å²) in [5.41, 5.74) is 8.12. The normalized spacial score (nSPS) is 11.5. The monoisotopic (exact) mass is 272 g/mol. The van der Waals surface area contributed by atoms with Gasteiger partial charge in [-0.25, -0.2) is 4.79 Å². The fraction of sp³-hybridized carbons (Fsp3) is 0.917. The molecule has 0 saturated carbocycles. The molecule has 1 amide bonds. The van der Waals surface area contributed by atoms with Crippen LogP contribution < -0.4 is 5.32 Å². The standard InChI is InChI=1S/C12H24N4O3/c1-3-11(7-5-4-6-8-15-16-13)19-12(17)14-9-10-18-2/h11H,3-10H2,1-2H3,(H,14,17). The van der Waals surface area contributed by atoms with Gasteiger partial charge in [-0.15, -0.1) is 0 Å². The Morgan fingerprint density at radius 1 is 1.42 bits per heavy atom. The number of nitrogens with zero attached hydrogens (tertiary/aromatic N) is 3. The number of nitrogens with one attached hydrogen (secondary N) is 1. The molecule has 7 heteroatoms. The Hall–Kier alpha value is -1.46. The van der Waals surface area contributed by atoms with E-state index in [2.05, 4.69) is 15.3 Å². The second kappa shape index (κ2) is 13.0. The molecule has 0 aromatic rings. The van der Waals surface area contributed by atoms with E-state index < -0.39 is 6.09 Å². The van der Waals surface area contributed by atoms with Gasteiger partial charge in [-0.1, -0.05) is 18.5 Å². The number of amides is 1. The Morgan fingerprint density at radius 3 is 2.84 bits per heavy atom. The lowest BCUT2D eigenvalue weighted by molar-refractivity contribution is 0.0861. The maximum absolute atomic E-state index is 11.4. The molecule has 0 rings (SSSR count). The minimum Gasteiger partial charge on any atom is -0.446 e. The average Bonchev–Trinajstić information content (AvgIpc) is 2.41. The van der Waals surface area contributed by atoms with Crippen molar-refractivity contribution in [3.8, 4) is 0 Å². The van der Waals surface area contributed by atoms with E-state index in [0.29, 0.717) is 19.7 Å². The number of azide groups is 1. The Morgan fingerprint density at radius 2 is 2.21 bits per heavy atom. The lowest BCUT2D eigenvalue weighted by Crippen LogP contribution is -2.31. The number of rotatable bonds is 11. The molecule has 1 N–H and O–H groups in total. The summed E-state index contributed by atoms with van der Waals surface area (Å²) >= 11 is 0. The molecular weight excluding hydrogens is 248 g/mol. The molecule has 1 unspecified atom stereocenters. The first-order valence-corrected chi connectivity index (χ1v) is 6.68. The van der Waals surface area contributed by atoms with E-state index in [9.17, 15) is 4.79 Å². The van der Waals surface area contributed by atoms with Crippen molar-refractivity contribution in [1.29, 1.82) is 0 Å². The Labute approximate surface area is 114 Å². The van der Waals surface area contributed by atoms with Gasteiger partial charge in [-0.05, 0) is 31.2 Å². The molecule has 0 aromatic heterocycles. The third-order valence-corrected chi connectivity index (χ3v) is 2.65. The highest BCUT2D eigenvalue weighted by molar-refractivity contribution is 5.67. The molecule has 0 spiro atoms. The number of unbranched alkanes of at least 4 members (excludes halogenated alkanes) is 2. The molecule has 19 heavy (non-hydrogen) atoms. The fourth-order valence-corrected chi connectivity index (χ4v) is 1.57. The molecular formula is C12H24N4O3. The van der Waals surface area contributed by atoms with Gasteiger partial charge < -0.3 is 14.8 Å². The van der Waals surface area contributed by atoms with Crippen molar-refractivity contribution in [2.24, 2.45) is 5.11 Å². The highest BCUT2D eigenvalue weighted by Gasteiger charge is 2.11. The number of alkyl carbamates (subject to hydrolysis) is 1. The minimum absolute atomic E-state index is 0.0537. The molecule has 0 aliphatic heterocycles. The maximum Gasteiger partial charge on any atom is 0.407 e. The SMILES string of the molecule is CCC(CCCCCN=[N+]=[N-])OC(=O)NCCOC. The first-order valence-electron chi connectivity index (χ1n) is 6.68. The molecule has 0 heterocycles. The van der Waals surface area contributed by atoms with E-state index in [1.165, 1.54) is 0 Å². The first-order chi connectivity index (χ1) is 9.24. The van der Waals surface area contributed by atoms with Crippen LogP contribution in [-0.2, 0) is 9.47 Å². The van der Waals surface area contributed by atoms with Crippen LogP contribution in [0.4, 0.5) is 4.79 Å². The van der Waals surface area contributed by atoms with Crippen LogP contribution in [0.5, 0.6) is 0 Å². The zero-order chi connectivity index (χ0) is 14.3. The number of methoxy groups -OCH3 is 1. The number of carbonyl (C=O) groups excluding carboxylic acids is 1. The molecule has 0 aromatic carbocycles. The van der Waals surface area contributed by atoms with Crippen LogP contribution in [0, 0.1) is 0 Å². The molecule has 1 atom stereocenters. The largest absolute Gasteiger partial charge is 0.446 e. The lowest BCUT2D eigenvalue weighted by Gasteiger charge is -2.16. The van der Waals surface area contributed by atoms with Crippen molar-refractivity contribution in [1.82, 2.24) is 5.32 Å². The van der Waals surface area contributed by atoms with Crippen molar-refractivity contribution in [2.75, 3.05) is 26.8 Å². The summed E-state index contributed by atoms with van der Waals surface area (Å²) in [5, 5.41) is 6.10. The number of carbonyl (C=O) groups is 1. The summed E-state index contributed by atoms with van der Waals surface area (Å²) in [6.07, 6.45) is 4.01. The van der Waals surface area contributed by atoms with Gasteiger partial charge in [0.25, 0.3) is 0 Å². The minimum atomic E-state index is -0.391. The Kier molecular flexibility index (Phi) is 12.0. The summed E-state index contributed by atoms with van der Waals surface area (Å²) in [4.78, 5) is 14.1. The molecule has 0 saturated heterocycles. The molecule has 0 aliphatic carbocycles. The number of hydrogen-bond acceptors (Lipinski definition) is 4. The summed E-state index contributed by atoms with van der Waals surface area (Å²) in [6, 6.07) is 0. The van der Waals surface area contributed by atoms with Gasteiger partial charge in [0.15, 0.2) is 0 Å². The predicted octanol–water partition coefficient (Wildman–Crippen LogP) is 3.01. The van der Waals surface area contributed by atoms with Crippen LogP contribution in [0.3, 0.4) is 0 Å². The van der Waals surface area contributed by atoms with E-state index in [0.717, 1.165) is 32.1 Å². The van der Waals surface area contributed by atoms with Gasteiger partial charge in [-0.2, -0.15) is 0 Å². The third-order valence-electron chi connectivity index (χ3n) is 2.65. The lowest BCUT2D eigenvalue weighted by atomic mass is 10.1. The van der Waals surface area contributed by atoms with E-state index in [1.54, 1.807) is 7.11 Å². The summed E-state index contributed by atoms with van der Waals surface area (Å²) in [6.45, 7) is 3.46. The van der Waals surface area contributed by atoms with Crippen LogP contribution in [0.25, 0.3) is 10.4 Å². The van der Waals surface area contributed by atoms with Crippen molar-refractivity contribution in [2.45, 2.75) is 45.1 Å². The number of hydrogen-bond donors (Lipinski definition) is 1. The third kappa shape index (κ3) is 11.4. The highest BCUT2D eigenvalue weighted by Crippen LogP contribution is 2.10. The maximum atomic E-state index is 11.4. The zero-order valence-electron chi connectivity index (χ0n) is 11.8. The van der Waals surface area contributed by atoms with E-state index in [4.69, 9.17) is 15.0 Å². The first kappa shape index (κ1) is 17.5. The highest BCUT2D eigenvalue weighted by atomic mass is 16.6. The predicted molar refractivity (Wildman–Crippen MR) is 72.9 cm³/mol. The van der Waals surface area contributed by atoms with Crippen LogP contribution in [-0.4, -0.2) is 39.0 Å². The average molecular weight is 272 g/mol. The molecule has 0 radical (unpaired) electrons. The van der Waals surface area contributed by atoms with Gasteiger partial charge in [-0.3, -0.25) is 0 Å². The summed E-state index contributed by atoms with van der Waals surface area (Å²) < 4.78 is 10.1. The van der Waals surface area contributed by atoms with Crippen LogP contribution in [0.1, 0.15) is 39.0 Å². The van der Waals surface area contributed by atoms with Gasteiger partial charge in [0.1, 0.15) is 6.10 Å².